The van der Waals surface area contributed by atoms with Gasteiger partial charge in [0, 0.05) is 17.5 Å². The largest absolute Gasteiger partial charge is 0.369 e. The molecule has 1 atom stereocenters. The van der Waals surface area contributed by atoms with Crippen LogP contribution < -0.4 is 11.1 Å². The van der Waals surface area contributed by atoms with Gasteiger partial charge < -0.3 is 11.1 Å². The second-order valence-electron chi connectivity index (χ2n) is 5.15. The van der Waals surface area contributed by atoms with E-state index >= 15 is 0 Å². The van der Waals surface area contributed by atoms with E-state index in [1.165, 1.54) is 10.4 Å². The minimum absolute atomic E-state index is 0.272. The van der Waals surface area contributed by atoms with Gasteiger partial charge in [-0.15, -0.1) is 11.3 Å². The van der Waals surface area contributed by atoms with Crippen LogP contribution >= 0.6 is 22.9 Å². The Balaban J connectivity index is 2.00. The number of thiophene rings is 1. The molecule has 5 heteroatoms. The highest BCUT2D eigenvalue weighted by atomic mass is 35.5. The Morgan fingerprint density at radius 2 is 2.41 bits per heavy atom. The molecule has 0 aliphatic heterocycles. The molecule has 0 radical (unpaired) electrons. The molecular weight excluding hydrogens is 256 g/mol. The summed E-state index contributed by atoms with van der Waals surface area (Å²) < 4.78 is 0.843. The summed E-state index contributed by atoms with van der Waals surface area (Å²) in [5, 5.41) is 3.42. The monoisotopic (exact) mass is 272 g/mol. The molecule has 1 unspecified atom stereocenters. The van der Waals surface area contributed by atoms with Crippen molar-refractivity contribution < 1.29 is 4.79 Å². The summed E-state index contributed by atoms with van der Waals surface area (Å²) in [5.41, 5.74) is 6.14. The van der Waals surface area contributed by atoms with Crippen molar-refractivity contribution in [2.75, 3.05) is 6.54 Å². The molecule has 1 aromatic rings. The van der Waals surface area contributed by atoms with Crippen molar-refractivity contribution in [2.45, 2.75) is 32.7 Å². The van der Waals surface area contributed by atoms with Crippen molar-refractivity contribution in [3.63, 3.8) is 0 Å². The number of aryl methyl sites for hydroxylation is 1. The van der Waals surface area contributed by atoms with Crippen molar-refractivity contribution in [2.24, 2.45) is 11.1 Å². The first-order chi connectivity index (χ1) is 7.90. The van der Waals surface area contributed by atoms with Gasteiger partial charge in [0.25, 0.3) is 0 Å². The number of carbonyl (C=O) groups is 1. The maximum absolute atomic E-state index is 11.2. The first-order valence-electron chi connectivity index (χ1n) is 5.71. The van der Waals surface area contributed by atoms with E-state index in [2.05, 4.69) is 5.32 Å². The molecule has 1 aromatic heterocycles. The third-order valence-corrected chi connectivity index (χ3v) is 4.64. The molecule has 0 spiro atoms. The third-order valence-electron chi connectivity index (χ3n) is 3.30. The summed E-state index contributed by atoms with van der Waals surface area (Å²) in [6.45, 7) is 4.32. The highest BCUT2D eigenvalue weighted by Crippen LogP contribution is 2.39. The maximum Gasteiger partial charge on any atom is 0.224 e. The summed E-state index contributed by atoms with van der Waals surface area (Å²) in [4.78, 5) is 12.6. The highest BCUT2D eigenvalue weighted by molar-refractivity contribution is 7.16. The molecular formula is C12H17ClN2OS. The van der Waals surface area contributed by atoms with Gasteiger partial charge in [-0.3, -0.25) is 4.79 Å². The number of halogens is 1. The maximum atomic E-state index is 11.2. The van der Waals surface area contributed by atoms with Gasteiger partial charge in [0.1, 0.15) is 0 Å². The lowest BCUT2D eigenvalue weighted by molar-refractivity contribution is -0.125. The Morgan fingerprint density at radius 3 is 3.06 bits per heavy atom. The van der Waals surface area contributed by atoms with Crippen LogP contribution in [0.4, 0.5) is 0 Å². The number of hydrogen-bond acceptors (Lipinski definition) is 3. The minimum atomic E-state index is -0.511. The second kappa shape index (κ2) is 4.59. The summed E-state index contributed by atoms with van der Waals surface area (Å²) in [6, 6.07) is 2.34. The first kappa shape index (κ1) is 12.9. The molecule has 17 heavy (non-hydrogen) atoms. The van der Waals surface area contributed by atoms with E-state index in [0.717, 1.165) is 17.2 Å². The lowest BCUT2D eigenvalue weighted by Gasteiger charge is -2.23. The number of primary amides is 1. The number of fused-ring (bicyclic) bond motifs is 1. The van der Waals surface area contributed by atoms with Crippen LogP contribution in [0, 0.1) is 5.41 Å². The van der Waals surface area contributed by atoms with Gasteiger partial charge >= 0.3 is 0 Å². The molecule has 94 valence electrons. The van der Waals surface area contributed by atoms with Crippen LogP contribution in [0.1, 0.15) is 36.8 Å². The van der Waals surface area contributed by atoms with E-state index in [-0.39, 0.29) is 5.91 Å². The number of carbonyl (C=O) groups excluding carboxylic acids is 1. The smallest absolute Gasteiger partial charge is 0.224 e. The van der Waals surface area contributed by atoms with Crippen molar-refractivity contribution in [1.82, 2.24) is 5.32 Å². The van der Waals surface area contributed by atoms with Crippen LogP contribution in [-0.4, -0.2) is 12.5 Å². The van der Waals surface area contributed by atoms with Crippen molar-refractivity contribution in [3.8, 4) is 0 Å². The predicted molar refractivity (Wildman–Crippen MR) is 71.4 cm³/mol. The lowest BCUT2D eigenvalue weighted by atomic mass is 9.92. The van der Waals surface area contributed by atoms with E-state index < -0.39 is 5.41 Å². The molecule has 0 aromatic carbocycles. The third kappa shape index (κ3) is 2.64. The summed E-state index contributed by atoms with van der Waals surface area (Å²) in [6.07, 6.45) is 2.15. The molecule has 0 saturated carbocycles. The van der Waals surface area contributed by atoms with Gasteiger partial charge in [-0.2, -0.15) is 0 Å². The van der Waals surface area contributed by atoms with E-state index in [4.69, 9.17) is 17.3 Å². The topological polar surface area (TPSA) is 55.1 Å². The average Bonchev–Trinajstić information content (AvgIpc) is 2.74. The Labute approximate surface area is 110 Å². The number of nitrogens with one attached hydrogen (secondary N) is 1. The van der Waals surface area contributed by atoms with Crippen molar-refractivity contribution in [3.05, 3.63) is 20.8 Å². The first-order valence-corrected chi connectivity index (χ1v) is 6.91. The van der Waals surface area contributed by atoms with Crippen LogP contribution in [-0.2, 0) is 11.2 Å². The molecule has 0 fully saturated rings. The van der Waals surface area contributed by atoms with Crippen molar-refractivity contribution >= 4 is 28.8 Å². The van der Waals surface area contributed by atoms with Gasteiger partial charge in [0.05, 0.1) is 9.75 Å². The van der Waals surface area contributed by atoms with Gasteiger partial charge in [0.15, 0.2) is 0 Å². The van der Waals surface area contributed by atoms with Crippen LogP contribution in [0.5, 0.6) is 0 Å². The number of nitrogens with two attached hydrogens (primary N) is 1. The molecule has 2 rings (SSSR count). The van der Waals surface area contributed by atoms with Crippen LogP contribution in [0.3, 0.4) is 0 Å². The fourth-order valence-corrected chi connectivity index (χ4v) is 3.36. The normalized spacial score (nSPS) is 19.4. The molecule has 1 amide bonds. The zero-order valence-electron chi connectivity index (χ0n) is 10.0. The standard InChI is InChI=1S/C12H17ClN2OS/c1-12(2,11(14)16)6-15-8-3-4-9-7(8)5-10(13)17-9/h5,8,15H,3-4,6H2,1-2H3,(H2,14,16). The minimum Gasteiger partial charge on any atom is -0.369 e. The van der Waals surface area contributed by atoms with E-state index in [0.29, 0.717) is 12.6 Å². The van der Waals surface area contributed by atoms with Crippen LogP contribution in [0.15, 0.2) is 6.07 Å². The molecule has 3 nitrogen and oxygen atoms in total. The highest BCUT2D eigenvalue weighted by Gasteiger charge is 2.29. The number of amides is 1. The van der Waals surface area contributed by atoms with E-state index in [9.17, 15) is 4.79 Å². The fourth-order valence-electron chi connectivity index (χ4n) is 2.01. The molecule has 1 aliphatic rings. The Morgan fingerprint density at radius 1 is 1.71 bits per heavy atom. The fraction of sp³-hybridized carbons (Fsp3) is 0.583. The van der Waals surface area contributed by atoms with E-state index in [1.54, 1.807) is 11.3 Å². The zero-order valence-corrected chi connectivity index (χ0v) is 11.6. The van der Waals surface area contributed by atoms with Gasteiger partial charge in [-0.25, -0.2) is 0 Å². The van der Waals surface area contributed by atoms with Crippen LogP contribution in [0.2, 0.25) is 4.34 Å². The molecule has 3 N–H and O–H groups in total. The predicted octanol–water partition coefficient (Wildman–Crippen LogP) is 2.49. The van der Waals surface area contributed by atoms with Crippen LogP contribution in [0.25, 0.3) is 0 Å². The Bertz CT molecular complexity index is 442. The molecule has 0 bridgehead atoms. The van der Waals surface area contributed by atoms with E-state index in [1.807, 2.05) is 19.9 Å². The SMILES string of the molecule is CC(C)(CNC1CCc2sc(Cl)cc21)C(N)=O. The van der Waals surface area contributed by atoms with Gasteiger partial charge in [0.2, 0.25) is 5.91 Å². The molecule has 0 saturated heterocycles. The number of rotatable bonds is 4. The zero-order chi connectivity index (χ0) is 12.6. The quantitative estimate of drug-likeness (QED) is 0.885. The van der Waals surface area contributed by atoms with Crippen molar-refractivity contribution in [1.29, 1.82) is 0 Å². The Hall–Kier alpha value is -0.580. The summed E-state index contributed by atoms with van der Waals surface area (Å²) in [5.74, 6) is -0.272. The second-order valence-corrected chi connectivity index (χ2v) is 6.92. The Kier molecular flexibility index (Phi) is 3.48. The average molecular weight is 273 g/mol. The molecule has 1 heterocycles. The lowest BCUT2D eigenvalue weighted by Crippen LogP contribution is -2.41. The summed E-state index contributed by atoms with van der Waals surface area (Å²) >= 11 is 7.65. The van der Waals surface area contributed by atoms with Gasteiger partial charge in [-0.1, -0.05) is 11.6 Å². The van der Waals surface area contributed by atoms with Gasteiger partial charge in [-0.05, 0) is 38.3 Å². The molecule has 1 aliphatic carbocycles. The number of hydrogen-bond donors (Lipinski definition) is 2. The summed E-state index contributed by atoms with van der Waals surface area (Å²) in [7, 11) is 0.